The summed E-state index contributed by atoms with van der Waals surface area (Å²) in [6.07, 6.45) is 1.38. The van der Waals surface area contributed by atoms with Crippen molar-refractivity contribution in [3.63, 3.8) is 0 Å². The molecule has 0 bridgehead atoms. The lowest BCUT2D eigenvalue weighted by Gasteiger charge is -2.18. The maximum atomic E-state index is 12.4. The van der Waals surface area contributed by atoms with Gasteiger partial charge in [-0.3, -0.25) is 4.79 Å². The summed E-state index contributed by atoms with van der Waals surface area (Å²) in [6.45, 7) is 0.884. The maximum Gasteiger partial charge on any atom is 0.261 e. The second kappa shape index (κ2) is 8.85. The van der Waals surface area contributed by atoms with Gasteiger partial charge in [0.25, 0.3) is 5.91 Å². The molecule has 2 fully saturated rings. The van der Waals surface area contributed by atoms with E-state index in [1.165, 1.54) is 11.3 Å². The Labute approximate surface area is 190 Å². The molecule has 1 amide bonds. The molecule has 0 saturated carbocycles. The minimum atomic E-state index is -0.196. The van der Waals surface area contributed by atoms with Crippen LogP contribution in [0.2, 0.25) is 0 Å². The number of ether oxygens (including phenoxy) is 2. The van der Waals surface area contributed by atoms with Crippen molar-refractivity contribution >= 4 is 28.9 Å². The van der Waals surface area contributed by atoms with E-state index in [-0.39, 0.29) is 30.2 Å². The Morgan fingerprint density at radius 1 is 1.06 bits per heavy atom. The molecule has 0 unspecified atom stereocenters. The van der Waals surface area contributed by atoms with Crippen LogP contribution < -0.4 is 15.5 Å². The van der Waals surface area contributed by atoms with Crippen molar-refractivity contribution < 1.29 is 14.3 Å². The van der Waals surface area contributed by atoms with Gasteiger partial charge in [-0.2, -0.15) is 0 Å². The first-order valence-electron chi connectivity index (χ1n) is 10.5. The molecular weight excluding hydrogens is 426 g/mol. The van der Waals surface area contributed by atoms with Crippen molar-refractivity contribution in [2.45, 2.75) is 24.3 Å². The van der Waals surface area contributed by atoms with Gasteiger partial charge in [0.15, 0.2) is 0 Å². The predicted molar refractivity (Wildman–Crippen MR) is 124 cm³/mol. The Hall–Kier alpha value is -3.01. The molecular formula is C23H25N5O3S. The Morgan fingerprint density at radius 3 is 2.53 bits per heavy atom. The van der Waals surface area contributed by atoms with Crippen LogP contribution in [-0.4, -0.2) is 67.5 Å². The zero-order valence-corrected chi connectivity index (χ0v) is 18.7. The van der Waals surface area contributed by atoms with Crippen molar-refractivity contribution in [1.29, 1.82) is 0 Å². The van der Waals surface area contributed by atoms with E-state index in [1.54, 1.807) is 6.20 Å². The fourth-order valence-corrected chi connectivity index (χ4v) is 4.71. The molecule has 9 heteroatoms. The molecule has 0 aliphatic carbocycles. The second-order valence-electron chi connectivity index (χ2n) is 8.11. The SMILES string of the molecule is CN(C)c1ccc(-c2ccnc(N[C@H]3CO[C@H]4[C@@H]3OC[C@@H]4NC(=O)c3cccs3)n2)cc1. The van der Waals surface area contributed by atoms with Crippen LogP contribution in [0.25, 0.3) is 11.3 Å². The Balaban J connectivity index is 1.24. The van der Waals surface area contributed by atoms with Crippen LogP contribution in [0.3, 0.4) is 0 Å². The van der Waals surface area contributed by atoms with E-state index in [0.29, 0.717) is 24.0 Å². The number of amides is 1. The van der Waals surface area contributed by atoms with Crippen LogP contribution in [0.15, 0.2) is 54.0 Å². The van der Waals surface area contributed by atoms with Gasteiger partial charge in [0.1, 0.15) is 12.2 Å². The summed E-state index contributed by atoms with van der Waals surface area (Å²) in [7, 11) is 4.03. The molecule has 0 spiro atoms. The highest BCUT2D eigenvalue weighted by molar-refractivity contribution is 7.12. The van der Waals surface area contributed by atoms with E-state index in [9.17, 15) is 4.79 Å². The minimum absolute atomic E-state index is 0.0880. The number of hydrogen-bond donors (Lipinski definition) is 2. The average molecular weight is 452 g/mol. The summed E-state index contributed by atoms with van der Waals surface area (Å²) < 4.78 is 12.0. The van der Waals surface area contributed by atoms with Crippen LogP contribution in [0.5, 0.6) is 0 Å². The highest BCUT2D eigenvalue weighted by Crippen LogP contribution is 2.29. The normalized spacial score (nSPS) is 24.2. The van der Waals surface area contributed by atoms with Crippen LogP contribution in [0, 0.1) is 0 Å². The smallest absolute Gasteiger partial charge is 0.261 e. The molecule has 3 aromatic rings. The van der Waals surface area contributed by atoms with Crippen LogP contribution in [0.1, 0.15) is 9.67 Å². The average Bonchev–Trinajstić information content (AvgIpc) is 3.55. The van der Waals surface area contributed by atoms with Gasteiger partial charge in [0.05, 0.1) is 35.9 Å². The molecule has 8 nitrogen and oxygen atoms in total. The van der Waals surface area contributed by atoms with E-state index in [0.717, 1.165) is 16.9 Å². The van der Waals surface area contributed by atoms with Gasteiger partial charge in [-0.25, -0.2) is 9.97 Å². The van der Waals surface area contributed by atoms with E-state index in [1.807, 2.05) is 37.7 Å². The fourth-order valence-electron chi connectivity index (χ4n) is 4.08. The first kappa shape index (κ1) is 20.9. The molecule has 1 aromatic carbocycles. The number of nitrogens with zero attached hydrogens (tertiary/aromatic N) is 3. The number of carbonyl (C=O) groups excluding carboxylic acids is 1. The summed E-state index contributed by atoms with van der Waals surface area (Å²) >= 11 is 1.42. The lowest BCUT2D eigenvalue weighted by Crippen LogP contribution is -2.44. The van der Waals surface area contributed by atoms with E-state index in [2.05, 4.69) is 49.8 Å². The maximum absolute atomic E-state index is 12.4. The van der Waals surface area contributed by atoms with Gasteiger partial charge in [0, 0.05) is 31.5 Å². The topological polar surface area (TPSA) is 88.6 Å². The number of aromatic nitrogens is 2. The molecule has 2 aliphatic heterocycles. The standard InChI is InChI=1S/C23H25N5O3S/c1-28(2)15-7-5-14(6-8-15)16-9-10-24-23(26-16)27-18-13-31-20-17(12-30-21(18)20)25-22(29)19-4-3-11-32-19/h3-11,17-18,20-21H,12-13H2,1-2H3,(H,25,29)(H,24,26,27)/t17-,18-,20+,21+/m0/s1. The van der Waals surface area contributed by atoms with Crippen LogP contribution in [0.4, 0.5) is 11.6 Å². The summed E-state index contributed by atoms with van der Waals surface area (Å²) in [5.74, 6) is 0.439. The lowest BCUT2D eigenvalue weighted by molar-refractivity contribution is 0.0652. The zero-order valence-electron chi connectivity index (χ0n) is 17.9. The van der Waals surface area contributed by atoms with Gasteiger partial charge >= 0.3 is 0 Å². The zero-order chi connectivity index (χ0) is 22.1. The lowest BCUT2D eigenvalue weighted by atomic mass is 10.1. The largest absolute Gasteiger partial charge is 0.378 e. The molecule has 5 rings (SSSR count). The number of rotatable bonds is 6. The van der Waals surface area contributed by atoms with Crippen molar-refractivity contribution in [3.05, 3.63) is 58.9 Å². The van der Waals surface area contributed by atoms with Crippen molar-refractivity contribution in [2.24, 2.45) is 0 Å². The third-order valence-corrected chi connectivity index (χ3v) is 6.63. The van der Waals surface area contributed by atoms with Crippen LogP contribution >= 0.6 is 11.3 Å². The Morgan fingerprint density at radius 2 is 1.81 bits per heavy atom. The molecule has 0 radical (unpaired) electrons. The number of carbonyl (C=O) groups is 1. The second-order valence-corrected chi connectivity index (χ2v) is 9.06. The Kier molecular flexibility index (Phi) is 5.77. The van der Waals surface area contributed by atoms with Gasteiger partial charge < -0.3 is 25.0 Å². The number of benzene rings is 1. The summed E-state index contributed by atoms with van der Waals surface area (Å²) in [5, 5.41) is 8.29. The van der Waals surface area contributed by atoms with Crippen LogP contribution in [-0.2, 0) is 9.47 Å². The summed E-state index contributed by atoms with van der Waals surface area (Å²) in [6, 6.07) is 13.5. The van der Waals surface area contributed by atoms with Gasteiger partial charge in [-0.1, -0.05) is 18.2 Å². The molecule has 2 saturated heterocycles. The molecule has 2 N–H and O–H groups in total. The molecule has 4 heterocycles. The molecule has 2 aromatic heterocycles. The number of fused-ring (bicyclic) bond motifs is 1. The third kappa shape index (κ3) is 4.19. The van der Waals surface area contributed by atoms with Gasteiger partial charge in [-0.05, 0) is 29.6 Å². The molecule has 166 valence electrons. The van der Waals surface area contributed by atoms with Crippen molar-refractivity contribution in [3.8, 4) is 11.3 Å². The quantitative estimate of drug-likeness (QED) is 0.596. The van der Waals surface area contributed by atoms with E-state index >= 15 is 0 Å². The summed E-state index contributed by atoms with van der Waals surface area (Å²) in [4.78, 5) is 24.2. The molecule has 2 aliphatic rings. The minimum Gasteiger partial charge on any atom is -0.378 e. The van der Waals surface area contributed by atoms with E-state index in [4.69, 9.17) is 9.47 Å². The Bertz CT molecular complexity index is 1070. The first-order valence-corrected chi connectivity index (χ1v) is 11.4. The highest BCUT2D eigenvalue weighted by Gasteiger charge is 2.48. The predicted octanol–water partition coefficient (Wildman–Crippen LogP) is 2.65. The molecule has 32 heavy (non-hydrogen) atoms. The fraction of sp³-hybridized carbons (Fsp3) is 0.348. The monoisotopic (exact) mass is 451 g/mol. The number of thiophene rings is 1. The van der Waals surface area contributed by atoms with Gasteiger partial charge in [-0.15, -0.1) is 11.3 Å². The van der Waals surface area contributed by atoms with E-state index < -0.39 is 0 Å². The van der Waals surface area contributed by atoms with Crippen molar-refractivity contribution in [2.75, 3.05) is 37.5 Å². The third-order valence-electron chi connectivity index (χ3n) is 5.76. The number of anilines is 2. The van der Waals surface area contributed by atoms with Gasteiger partial charge in [0.2, 0.25) is 5.95 Å². The highest BCUT2D eigenvalue weighted by atomic mass is 32.1. The summed E-state index contributed by atoms with van der Waals surface area (Å²) in [5.41, 5.74) is 3.00. The number of nitrogens with one attached hydrogen (secondary N) is 2. The first-order chi connectivity index (χ1) is 15.6. The van der Waals surface area contributed by atoms with Crippen molar-refractivity contribution in [1.82, 2.24) is 15.3 Å². The molecule has 4 atom stereocenters. The number of hydrogen-bond acceptors (Lipinski definition) is 8.